The number of halogens is 4. The highest BCUT2D eigenvalue weighted by atomic mass is 35.5. The van der Waals surface area contributed by atoms with Crippen LogP contribution in [0.1, 0.15) is 54.5 Å². The molecular formula is C26H27ClF3N7. The Balaban J connectivity index is 1.11. The van der Waals surface area contributed by atoms with Crippen LogP contribution in [0, 0.1) is 18.3 Å². The second-order valence-electron chi connectivity index (χ2n) is 11.3. The largest absolute Gasteiger partial charge is 0.391 e. The molecule has 0 unspecified atom stereocenters. The summed E-state index contributed by atoms with van der Waals surface area (Å²) in [5.74, 6) is 1.59. The monoisotopic (exact) mass is 529 g/mol. The van der Waals surface area contributed by atoms with E-state index >= 15 is 0 Å². The number of fused-ring (bicyclic) bond motifs is 3. The summed E-state index contributed by atoms with van der Waals surface area (Å²) in [6, 6.07) is 7.56. The fourth-order valence-corrected chi connectivity index (χ4v) is 6.84. The maximum absolute atomic E-state index is 13.2. The van der Waals surface area contributed by atoms with Gasteiger partial charge in [-0.3, -0.25) is 9.47 Å². The third-order valence-electron chi connectivity index (χ3n) is 8.69. The van der Waals surface area contributed by atoms with Crippen LogP contribution in [-0.2, 0) is 13.1 Å². The zero-order valence-electron chi connectivity index (χ0n) is 20.4. The molecule has 0 N–H and O–H groups in total. The van der Waals surface area contributed by atoms with Crippen molar-refractivity contribution in [2.45, 2.75) is 63.8 Å². The van der Waals surface area contributed by atoms with Crippen LogP contribution < -0.4 is 4.90 Å². The van der Waals surface area contributed by atoms with Crippen molar-refractivity contribution in [1.29, 1.82) is 0 Å². The molecule has 4 aliphatic rings. The van der Waals surface area contributed by atoms with Crippen LogP contribution in [0.4, 0.5) is 19.1 Å². The van der Waals surface area contributed by atoms with Gasteiger partial charge in [0.05, 0.1) is 18.2 Å². The normalized spacial score (nSPS) is 25.1. The van der Waals surface area contributed by atoms with Crippen LogP contribution in [0.5, 0.6) is 0 Å². The Morgan fingerprint density at radius 2 is 1.84 bits per heavy atom. The topological polar surface area (TPSA) is 63.0 Å². The number of nitrogens with zero attached hydrogens (tertiary/aromatic N) is 7. The molecule has 0 amide bonds. The first-order valence-corrected chi connectivity index (χ1v) is 13.1. The third kappa shape index (κ3) is 3.91. The Kier molecular flexibility index (Phi) is 5.15. The molecule has 0 bridgehead atoms. The molecule has 2 aromatic heterocycles. The van der Waals surface area contributed by atoms with E-state index in [0.29, 0.717) is 18.1 Å². The van der Waals surface area contributed by atoms with Crippen LogP contribution >= 0.6 is 11.6 Å². The molecule has 0 radical (unpaired) electrons. The zero-order valence-corrected chi connectivity index (χ0v) is 21.2. The van der Waals surface area contributed by atoms with Gasteiger partial charge in [0.25, 0.3) is 0 Å². The lowest BCUT2D eigenvalue weighted by atomic mass is 9.57. The van der Waals surface area contributed by atoms with Crippen LogP contribution in [-0.4, -0.2) is 54.9 Å². The molecule has 2 saturated carbocycles. The summed E-state index contributed by atoms with van der Waals surface area (Å²) in [7, 11) is 0. The minimum absolute atomic E-state index is 0.123. The Bertz CT molecular complexity index is 1350. The van der Waals surface area contributed by atoms with Crippen molar-refractivity contribution in [2.24, 2.45) is 11.3 Å². The maximum atomic E-state index is 13.2. The van der Waals surface area contributed by atoms with E-state index in [1.807, 2.05) is 31.2 Å². The average molecular weight is 530 g/mol. The van der Waals surface area contributed by atoms with Crippen molar-refractivity contribution < 1.29 is 13.2 Å². The summed E-state index contributed by atoms with van der Waals surface area (Å²) in [5.41, 5.74) is 3.20. The maximum Gasteiger partial charge on any atom is 0.391 e. The molecule has 1 spiro atoms. The van der Waals surface area contributed by atoms with Crippen molar-refractivity contribution in [3.63, 3.8) is 0 Å². The predicted octanol–water partition coefficient (Wildman–Crippen LogP) is 5.06. The molecule has 4 heterocycles. The summed E-state index contributed by atoms with van der Waals surface area (Å²) in [6.45, 7) is 4.88. The number of alkyl halides is 3. The lowest BCUT2D eigenvalue weighted by molar-refractivity contribution is -0.207. The average Bonchev–Trinajstić information content (AvgIpc) is 3.06. The minimum atomic E-state index is -4.13. The van der Waals surface area contributed by atoms with Gasteiger partial charge < -0.3 is 4.90 Å². The summed E-state index contributed by atoms with van der Waals surface area (Å²) in [6.07, 6.45) is -0.0115. The number of hydrogen-bond acceptors (Lipinski definition) is 6. The number of aromatic nitrogens is 5. The molecule has 3 fully saturated rings. The molecule has 194 valence electrons. The van der Waals surface area contributed by atoms with Gasteiger partial charge in [0.2, 0.25) is 5.95 Å². The highest BCUT2D eigenvalue weighted by molar-refractivity contribution is 6.30. The smallest absolute Gasteiger partial charge is 0.340 e. The van der Waals surface area contributed by atoms with Gasteiger partial charge in [0.1, 0.15) is 5.82 Å². The van der Waals surface area contributed by atoms with E-state index < -0.39 is 12.1 Å². The van der Waals surface area contributed by atoms with E-state index in [0.717, 1.165) is 60.5 Å². The SMILES string of the molecule is Cc1ccnc(N2CC3(CC(c4nnc5n4-c4ccc(Cl)cc4CN(C4CC(C(F)(F)F)C4)C5)C3)C2)n1. The van der Waals surface area contributed by atoms with Gasteiger partial charge in [0, 0.05) is 53.9 Å². The van der Waals surface area contributed by atoms with Crippen LogP contribution in [0.3, 0.4) is 0 Å². The first-order valence-electron chi connectivity index (χ1n) is 12.8. The summed E-state index contributed by atoms with van der Waals surface area (Å²) in [5, 5.41) is 9.79. The van der Waals surface area contributed by atoms with Gasteiger partial charge in [-0.05, 0) is 62.4 Å². The molecule has 2 aliphatic carbocycles. The molecule has 7 rings (SSSR count). The van der Waals surface area contributed by atoms with Gasteiger partial charge in [-0.1, -0.05) is 11.6 Å². The van der Waals surface area contributed by atoms with Crippen LogP contribution in [0.25, 0.3) is 5.69 Å². The first-order chi connectivity index (χ1) is 17.7. The lowest BCUT2D eigenvalue weighted by Crippen LogP contribution is -2.62. The summed E-state index contributed by atoms with van der Waals surface area (Å²) >= 11 is 6.34. The van der Waals surface area contributed by atoms with E-state index in [9.17, 15) is 13.2 Å². The van der Waals surface area contributed by atoms with E-state index in [4.69, 9.17) is 11.6 Å². The van der Waals surface area contributed by atoms with E-state index in [1.54, 1.807) is 6.20 Å². The molecule has 0 atom stereocenters. The second kappa shape index (κ2) is 8.14. The van der Waals surface area contributed by atoms with Gasteiger partial charge >= 0.3 is 6.18 Å². The Hall–Kier alpha value is -2.72. The highest BCUT2D eigenvalue weighted by Crippen LogP contribution is 2.56. The Morgan fingerprint density at radius 3 is 2.57 bits per heavy atom. The standard InChI is InChI=1S/C26H27ClF3N7/c1-15-4-5-31-24(32-15)36-13-25(14-36)9-17(10-25)23-34-33-22-12-35(20-7-18(8-20)26(28,29)30)11-16-6-19(27)2-3-21(16)37(22)23/h2-6,17-18,20H,7-14H2,1H3. The van der Waals surface area contributed by atoms with Crippen LogP contribution in [0.2, 0.25) is 5.02 Å². The number of hydrogen-bond donors (Lipinski definition) is 0. The molecule has 1 aromatic carbocycles. The predicted molar refractivity (Wildman–Crippen MR) is 132 cm³/mol. The molecule has 37 heavy (non-hydrogen) atoms. The molecule has 2 aliphatic heterocycles. The van der Waals surface area contributed by atoms with Gasteiger partial charge in [-0.15, -0.1) is 10.2 Å². The minimum Gasteiger partial charge on any atom is -0.340 e. The number of anilines is 1. The molecular weight excluding hydrogens is 503 g/mol. The van der Waals surface area contributed by atoms with Gasteiger partial charge in [-0.2, -0.15) is 13.2 Å². The van der Waals surface area contributed by atoms with Crippen molar-refractivity contribution in [1.82, 2.24) is 29.6 Å². The molecule has 11 heteroatoms. The van der Waals surface area contributed by atoms with Crippen molar-refractivity contribution in [3.8, 4) is 5.69 Å². The van der Waals surface area contributed by atoms with E-state index in [-0.39, 0.29) is 30.2 Å². The van der Waals surface area contributed by atoms with Crippen LogP contribution in [0.15, 0.2) is 30.5 Å². The van der Waals surface area contributed by atoms with E-state index in [1.165, 1.54) is 0 Å². The highest BCUT2D eigenvalue weighted by Gasteiger charge is 2.55. The molecule has 1 saturated heterocycles. The first kappa shape index (κ1) is 23.4. The number of rotatable bonds is 3. The van der Waals surface area contributed by atoms with Gasteiger partial charge in [-0.25, -0.2) is 9.97 Å². The third-order valence-corrected chi connectivity index (χ3v) is 8.92. The Morgan fingerprint density at radius 1 is 1.05 bits per heavy atom. The lowest BCUT2D eigenvalue weighted by Gasteiger charge is -2.58. The zero-order chi connectivity index (χ0) is 25.5. The fourth-order valence-electron chi connectivity index (χ4n) is 6.65. The quantitative estimate of drug-likeness (QED) is 0.472. The summed E-state index contributed by atoms with van der Waals surface area (Å²) < 4.78 is 41.6. The second-order valence-corrected chi connectivity index (χ2v) is 11.7. The summed E-state index contributed by atoms with van der Waals surface area (Å²) in [4.78, 5) is 13.3. The van der Waals surface area contributed by atoms with Crippen molar-refractivity contribution in [3.05, 3.63) is 58.4 Å². The number of aryl methyl sites for hydroxylation is 1. The van der Waals surface area contributed by atoms with E-state index in [2.05, 4.69) is 34.5 Å². The molecule has 3 aromatic rings. The van der Waals surface area contributed by atoms with Crippen molar-refractivity contribution >= 4 is 17.5 Å². The fraction of sp³-hybridized carbons (Fsp3) is 0.538. The van der Waals surface area contributed by atoms with Gasteiger partial charge in [0.15, 0.2) is 5.82 Å². The van der Waals surface area contributed by atoms with Crippen molar-refractivity contribution in [2.75, 3.05) is 18.0 Å². The number of benzene rings is 1. The Labute approximate surface area is 217 Å². The molecule has 7 nitrogen and oxygen atoms in total.